The number of nitrogens with zero attached hydrogens (tertiary/aromatic N) is 1. The molecule has 86 valence electrons. The number of carbonyl (C=O) groups is 1. The molecule has 16 heavy (non-hydrogen) atoms. The second-order valence-electron chi connectivity index (χ2n) is 3.88. The second kappa shape index (κ2) is 4.78. The number of thioether (sulfide) groups is 1. The molecule has 1 heterocycles. The SMILES string of the molecule is CC1CN(C(C)Sc2ccccc2)C(=O)O1. The Morgan fingerprint density at radius 2 is 2.12 bits per heavy atom. The van der Waals surface area contributed by atoms with Gasteiger partial charge in [-0.05, 0) is 26.0 Å². The van der Waals surface area contributed by atoms with Crippen molar-refractivity contribution < 1.29 is 9.53 Å². The Kier molecular flexibility index (Phi) is 3.39. The van der Waals surface area contributed by atoms with Crippen LogP contribution in [-0.2, 0) is 4.74 Å². The van der Waals surface area contributed by atoms with Crippen molar-refractivity contribution in [1.82, 2.24) is 4.90 Å². The van der Waals surface area contributed by atoms with E-state index in [1.807, 2.05) is 44.2 Å². The molecule has 1 fully saturated rings. The lowest BCUT2D eigenvalue weighted by molar-refractivity contribution is 0.138. The topological polar surface area (TPSA) is 29.5 Å². The van der Waals surface area contributed by atoms with Crippen molar-refractivity contribution in [3.63, 3.8) is 0 Å². The molecule has 0 N–H and O–H groups in total. The van der Waals surface area contributed by atoms with Crippen molar-refractivity contribution in [2.45, 2.75) is 30.2 Å². The summed E-state index contributed by atoms with van der Waals surface area (Å²) in [6.45, 7) is 4.62. The highest BCUT2D eigenvalue weighted by molar-refractivity contribution is 7.99. The molecule has 0 saturated carbocycles. The Morgan fingerprint density at radius 1 is 1.44 bits per heavy atom. The van der Waals surface area contributed by atoms with E-state index in [0.29, 0.717) is 6.54 Å². The first-order chi connectivity index (χ1) is 7.66. The van der Waals surface area contributed by atoms with Gasteiger partial charge in [0.05, 0.1) is 11.9 Å². The summed E-state index contributed by atoms with van der Waals surface area (Å²) in [5, 5.41) is 0.111. The number of cyclic esters (lactones) is 1. The zero-order valence-corrected chi connectivity index (χ0v) is 10.2. The predicted molar refractivity (Wildman–Crippen MR) is 64.4 cm³/mol. The van der Waals surface area contributed by atoms with Gasteiger partial charge in [0.2, 0.25) is 0 Å². The fourth-order valence-corrected chi connectivity index (χ4v) is 2.69. The van der Waals surface area contributed by atoms with Crippen LogP contribution in [0.3, 0.4) is 0 Å². The highest BCUT2D eigenvalue weighted by Crippen LogP contribution is 2.28. The Hall–Kier alpha value is -1.16. The maximum atomic E-state index is 11.5. The van der Waals surface area contributed by atoms with Crippen molar-refractivity contribution in [3.8, 4) is 0 Å². The van der Waals surface area contributed by atoms with Gasteiger partial charge in [0.25, 0.3) is 0 Å². The van der Waals surface area contributed by atoms with Crippen molar-refractivity contribution in [1.29, 1.82) is 0 Å². The third kappa shape index (κ3) is 2.50. The van der Waals surface area contributed by atoms with Crippen LogP contribution < -0.4 is 0 Å². The predicted octanol–water partition coefficient (Wildman–Crippen LogP) is 2.97. The maximum absolute atomic E-state index is 11.5. The first-order valence-electron chi connectivity index (χ1n) is 5.36. The van der Waals surface area contributed by atoms with E-state index < -0.39 is 0 Å². The van der Waals surface area contributed by atoms with Crippen LogP contribution in [0.2, 0.25) is 0 Å². The monoisotopic (exact) mass is 237 g/mol. The van der Waals surface area contributed by atoms with Gasteiger partial charge < -0.3 is 4.74 Å². The van der Waals surface area contributed by atoms with Crippen molar-refractivity contribution >= 4 is 17.9 Å². The molecule has 0 bridgehead atoms. The largest absolute Gasteiger partial charge is 0.444 e. The smallest absolute Gasteiger partial charge is 0.411 e. The van der Waals surface area contributed by atoms with Gasteiger partial charge >= 0.3 is 6.09 Å². The molecule has 0 aliphatic carbocycles. The first kappa shape index (κ1) is 11.3. The standard InChI is InChI=1S/C12H15NO2S/c1-9-8-13(12(14)15-9)10(2)16-11-6-4-3-5-7-11/h3-7,9-10H,8H2,1-2H3. The number of benzene rings is 1. The minimum Gasteiger partial charge on any atom is -0.444 e. The molecule has 0 radical (unpaired) electrons. The van der Waals surface area contributed by atoms with Gasteiger partial charge in [-0.15, -0.1) is 11.8 Å². The minimum atomic E-state index is -0.205. The van der Waals surface area contributed by atoms with Crippen LogP contribution in [-0.4, -0.2) is 29.0 Å². The zero-order chi connectivity index (χ0) is 11.5. The minimum absolute atomic E-state index is 0.00585. The van der Waals surface area contributed by atoms with E-state index in [2.05, 4.69) is 0 Å². The van der Waals surface area contributed by atoms with Crippen LogP contribution in [0, 0.1) is 0 Å². The van der Waals surface area contributed by atoms with Crippen LogP contribution >= 0.6 is 11.8 Å². The summed E-state index contributed by atoms with van der Waals surface area (Å²) in [4.78, 5) is 14.4. The fraction of sp³-hybridized carbons (Fsp3) is 0.417. The van der Waals surface area contributed by atoms with Crippen molar-refractivity contribution in [2.24, 2.45) is 0 Å². The average molecular weight is 237 g/mol. The second-order valence-corrected chi connectivity index (χ2v) is 5.27. The molecule has 1 amide bonds. The van der Waals surface area contributed by atoms with E-state index in [4.69, 9.17) is 4.74 Å². The molecular weight excluding hydrogens is 222 g/mol. The quantitative estimate of drug-likeness (QED) is 0.757. The van der Waals surface area contributed by atoms with E-state index in [0.717, 1.165) is 0 Å². The highest BCUT2D eigenvalue weighted by atomic mass is 32.2. The summed E-state index contributed by atoms with van der Waals surface area (Å²) in [6.07, 6.45) is -0.199. The Balaban J connectivity index is 1.98. The van der Waals surface area contributed by atoms with Crippen LogP contribution in [0.5, 0.6) is 0 Å². The lowest BCUT2D eigenvalue weighted by Gasteiger charge is -2.20. The molecule has 0 aromatic heterocycles. The summed E-state index contributed by atoms with van der Waals surface area (Å²) in [6, 6.07) is 10.1. The molecule has 3 nitrogen and oxygen atoms in total. The lowest BCUT2D eigenvalue weighted by Crippen LogP contribution is -2.31. The number of hydrogen-bond donors (Lipinski definition) is 0. The third-order valence-corrected chi connectivity index (χ3v) is 3.62. The van der Waals surface area contributed by atoms with Gasteiger partial charge in [-0.3, -0.25) is 4.90 Å². The van der Waals surface area contributed by atoms with Gasteiger partial charge in [-0.25, -0.2) is 4.79 Å². The fourth-order valence-electron chi connectivity index (χ4n) is 1.69. The van der Waals surface area contributed by atoms with E-state index in [-0.39, 0.29) is 17.6 Å². The van der Waals surface area contributed by atoms with Gasteiger partial charge in [0.15, 0.2) is 0 Å². The van der Waals surface area contributed by atoms with Crippen LogP contribution in [0.1, 0.15) is 13.8 Å². The van der Waals surface area contributed by atoms with Crippen molar-refractivity contribution in [2.75, 3.05) is 6.54 Å². The van der Waals surface area contributed by atoms with E-state index >= 15 is 0 Å². The number of ether oxygens (including phenoxy) is 1. The van der Waals surface area contributed by atoms with E-state index in [9.17, 15) is 4.79 Å². The summed E-state index contributed by atoms with van der Waals surface area (Å²) < 4.78 is 5.11. The Labute approximate surface area is 99.8 Å². The molecule has 2 atom stereocenters. The molecule has 1 aliphatic rings. The highest BCUT2D eigenvalue weighted by Gasteiger charge is 2.32. The molecule has 4 heteroatoms. The van der Waals surface area contributed by atoms with Gasteiger partial charge in [-0.1, -0.05) is 18.2 Å². The molecule has 2 unspecified atom stereocenters. The summed E-state index contributed by atoms with van der Waals surface area (Å²) >= 11 is 1.67. The summed E-state index contributed by atoms with van der Waals surface area (Å²) in [5.74, 6) is 0. The number of rotatable bonds is 3. The summed E-state index contributed by atoms with van der Waals surface area (Å²) in [5.41, 5.74) is 0. The molecule has 1 saturated heterocycles. The van der Waals surface area contributed by atoms with Crippen LogP contribution in [0.25, 0.3) is 0 Å². The zero-order valence-electron chi connectivity index (χ0n) is 9.42. The molecule has 2 rings (SSSR count). The molecule has 1 aliphatic heterocycles. The van der Waals surface area contributed by atoms with Gasteiger partial charge in [0, 0.05) is 4.90 Å². The first-order valence-corrected chi connectivity index (χ1v) is 6.24. The molecule has 1 aromatic carbocycles. The third-order valence-electron chi connectivity index (χ3n) is 2.48. The van der Waals surface area contributed by atoms with Gasteiger partial charge in [0.1, 0.15) is 6.10 Å². The van der Waals surface area contributed by atoms with Crippen molar-refractivity contribution in [3.05, 3.63) is 30.3 Å². The average Bonchev–Trinajstić information content (AvgIpc) is 2.59. The number of carbonyl (C=O) groups excluding carboxylic acids is 1. The molecular formula is C12H15NO2S. The van der Waals surface area contributed by atoms with Crippen LogP contribution in [0.15, 0.2) is 35.2 Å². The van der Waals surface area contributed by atoms with Gasteiger partial charge in [-0.2, -0.15) is 0 Å². The van der Waals surface area contributed by atoms with E-state index in [1.54, 1.807) is 16.7 Å². The normalized spacial score (nSPS) is 22.0. The number of amides is 1. The molecule has 1 aromatic rings. The Morgan fingerprint density at radius 3 is 2.69 bits per heavy atom. The Bertz CT molecular complexity index is 369. The van der Waals surface area contributed by atoms with Crippen LogP contribution in [0.4, 0.5) is 4.79 Å². The maximum Gasteiger partial charge on any atom is 0.411 e. The van der Waals surface area contributed by atoms with E-state index in [1.165, 1.54) is 4.90 Å². The number of hydrogen-bond acceptors (Lipinski definition) is 3. The molecule has 0 spiro atoms. The lowest BCUT2D eigenvalue weighted by atomic mass is 10.4. The summed E-state index contributed by atoms with van der Waals surface area (Å²) in [7, 11) is 0.